The van der Waals surface area contributed by atoms with Gasteiger partial charge in [0.2, 0.25) is 0 Å². The summed E-state index contributed by atoms with van der Waals surface area (Å²) in [6.45, 7) is 0.825. The van der Waals surface area contributed by atoms with Crippen LogP contribution in [0.1, 0.15) is 51.4 Å². The molecule has 1 aliphatic heterocycles. The van der Waals surface area contributed by atoms with Gasteiger partial charge >= 0.3 is 5.97 Å². The molecule has 2 saturated carbocycles. The summed E-state index contributed by atoms with van der Waals surface area (Å²) < 4.78 is 5.60. The molecule has 5 unspecified atom stereocenters. The van der Waals surface area contributed by atoms with Gasteiger partial charge in [-0.25, -0.2) is 0 Å². The first-order chi connectivity index (χ1) is 8.72. The third kappa shape index (κ3) is 2.56. The molecule has 5 atom stereocenters. The molecule has 3 heteroatoms. The van der Waals surface area contributed by atoms with Crippen LogP contribution in [-0.4, -0.2) is 23.8 Å². The molecule has 0 amide bonds. The molecule has 2 bridgehead atoms. The zero-order valence-electron chi connectivity index (χ0n) is 11.0. The van der Waals surface area contributed by atoms with Crippen molar-refractivity contribution in [1.29, 1.82) is 0 Å². The van der Waals surface area contributed by atoms with Crippen LogP contribution in [0.5, 0.6) is 0 Å². The number of carboxylic acids is 1. The lowest BCUT2D eigenvalue weighted by atomic mass is 9.80. The maximum Gasteiger partial charge on any atom is 0.306 e. The van der Waals surface area contributed by atoms with E-state index in [9.17, 15) is 9.90 Å². The zero-order chi connectivity index (χ0) is 12.5. The first-order valence-corrected chi connectivity index (χ1v) is 7.56. The van der Waals surface area contributed by atoms with E-state index in [-0.39, 0.29) is 12.0 Å². The lowest BCUT2D eigenvalue weighted by Gasteiger charge is -2.25. The van der Waals surface area contributed by atoms with E-state index in [4.69, 9.17) is 4.74 Å². The van der Waals surface area contributed by atoms with Crippen molar-refractivity contribution in [3.05, 3.63) is 0 Å². The van der Waals surface area contributed by atoms with Gasteiger partial charge in [0, 0.05) is 6.61 Å². The Bertz CT molecular complexity index is 309. The topological polar surface area (TPSA) is 46.5 Å². The number of carbonyl (C=O) groups is 1. The summed E-state index contributed by atoms with van der Waals surface area (Å²) in [7, 11) is 0. The van der Waals surface area contributed by atoms with Crippen LogP contribution in [0, 0.1) is 23.7 Å². The first-order valence-electron chi connectivity index (χ1n) is 7.56. The second-order valence-corrected chi connectivity index (χ2v) is 6.58. The SMILES string of the molecule is O=C(O)C(CC1CCCO1)CC1CC2CCC1C2. The van der Waals surface area contributed by atoms with Crippen LogP contribution >= 0.6 is 0 Å². The summed E-state index contributed by atoms with van der Waals surface area (Å²) in [5.74, 6) is 1.66. The standard InChI is InChI=1S/C15H24O3/c16-15(17)13(9-14-2-1-5-18-14)8-12-7-10-3-4-11(12)6-10/h10-14H,1-9H2,(H,16,17). The Morgan fingerprint density at radius 3 is 2.67 bits per heavy atom. The van der Waals surface area contributed by atoms with Gasteiger partial charge in [-0.1, -0.05) is 6.42 Å². The lowest BCUT2D eigenvalue weighted by Crippen LogP contribution is -2.25. The highest BCUT2D eigenvalue weighted by Gasteiger charge is 2.41. The highest BCUT2D eigenvalue weighted by atomic mass is 16.5. The summed E-state index contributed by atoms with van der Waals surface area (Å²) in [6.07, 6.45) is 9.42. The van der Waals surface area contributed by atoms with Gasteiger partial charge in [-0.3, -0.25) is 4.79 Å². The van der Waals surface area contributed by atoms with Crippen LogP contribution < -0.4 is 0 Å². The predicted octanol–water partition coefficient (Wildman–Crippen LogP) is 3.08. The van der Waals surface area contributed by atoms with Crippen molar-refractivity contribution in [2.45, 2.75) is 57.5 Å². The average molecular weight is 252 g/mol. The number of aliphatic carboxylic acids is 1. The van der Waals surface area contributed by atoms with Crippen LogP contribution in [0.2, 0.25) is 0 Å². The molecular weight excluding hydrogens is 228 g/mol. The van der Waals surface area contributed by atoms with Crippen LogP contribution in [0.15, 0.2) is 0 Å². The fraction of sp³-hybridized carbons (Fsp3) is 0.933. The molecule has 3 aliphatic rings. The Morgan fingerprint density at radius 1 is 1.22 bits per heavy atom. The molecule has 3 fully saturated rings. The summed E-state index contributed by atoms with van der Waals surface area (Å²) in [5, 5.41) is 9.41. The minimum atomic E-state index is -0.603. The van der Waals surface area contributed by atoms with Crippen molar-refractivity contribution in [3.63, 3.8) is 0 Å². The van der Waals surface area contributed by atoms with Crippen molar-refractivity contribution in [3.8, 4) is 0 Å². The van der Waals surface area contributed by atoms with E-state index in [1.54, 1.807) is 0 Å². The Balaban J connectivity index is 1.55. The lowest BCUT2D eigenvalue weighted by molar-refractivity contribution is -0.143. The quantitative estimate of drug-likeness (QED) is 0.818. The summed E-state index contributed by atoms with van der Waals surface area (Å²) in [5.41, 5.74) is 0. The maximum absolute atomic E-state index is 11.4. The summed E-state index contributed by atoms with van der Waals surface area (Å²) in [4.78, 5) is 11.4. The Morgan fingerprint density at radius 2 is 2.11 bits per heavy atom. The molecule has 1 saturated heterocycles. The Kier molecular flexibility index (Phi) is 3.60. The summed E-state index contributed by atoms with van der Waals surface area (Å²) in [6, 6.07) is 0. The van der Waals surface area contributed by atoms with Crippen LogP contribution in [-0.2, 0) is 9.53 Å². The van der Waals surface area contributed by atoms with Gasteiger partial charge in [-0.15, -0.1) is 0 Å². The van der Waals surface area contributed by atoms with Gasteiger partial charge in [0.15, 0.2) is 0 Å². The number of ether oxygens (including phenoxy) is 1. The molecule has 0 radical (unpaired) electrons. The van der Waals surface area contributed by atoms with Gasteiger partial charge < -0.3 is 9.84 Å². The van der Waals surface area contributed by atoms with Crippen LogP contribution in [0.25, 0.3) is 0 Å². The highest BCUT2D eigenvalue weighted by molar-refractivity contribution is 5.70. The normalized spacial score (nSPS) is 40.2. The third-order valence-corrected chi connectivity index (χ3v) is 5.39. The van der Waals surface area contributed by atoms with Crippen molar-refractivity contribution >= 4 is 5.97 Å². The molecule has 0 aromatic carbocycles. The largest absolute Gasteiger partial charge is 0.481 e. The first kappa shape index (κ1) is 12.5. The molecule has 2 aliphatic carbocycles. The number of carboxylic acid groups (broad SMARTS) is 1. The predicted molar refractivity (Wildman–Crippen MR) is 68.3 cm³/mol. The van der Waals surface area contributed by atoms with Gasteiger partial charge in [0.1, 0.15) is 0 Å². The van der Waals surface area contributed by atoms with E-state index in [2.05, 4.69) is 0 Å². The molecule has 0 spiro atoms. The maximum atomic E-state index is 11.4. The Hall–Kier alpha value is -0.570. The van der Waals surface area contributed by atoms with Crippen molar-refractivity contribution < 1.29 is 14.6 Å². The van der Waals surface area contributed by atoms with E-state index in [0.717, 1.165) is 44.1 Å². The number of hydrogen-bond acceptors (Lipinski definition) is 2. The number of fused-ring (bicyclic) bond motifs is 2. The number of rotatable bonds is 5. The van der Waals surface area contributed by atoms with Crippen molar-refractivity contribution in [2.24, 2.45) is 23.7 Å². The van der Waals surface area contributed by atoms with Gasteiger partial charge in [0.25, 0.3) is 0 Å². The molecule has 0 aromatic rings. The molecule has 0 aromatic heterocycles. The average Bonchev–Trinajstić information content (AvgIpc) is 3.04. The van der Waals surface area contributed by atoms with E-state index in [1.165, 1.54) is 25.7 Å². The van der Waals surface area contributed by atoms with E-state index < -0.39 is 5.97 Å². The van der Waals surface area contributed by atoms with Crippen LogP contribution in [0.4, 0.5) is 0 Å². The second kappa shape index (κ2) is 5.20. The number of hydrogen-bond donors (Lipinski definition) is 1. The molecule has 18 heavy (non-hydrogen) atoms. The zero-order valence-corrected chi connectivity index (χ0v) is 11.0. The van der Waals surface area contributed by atoms with Gasteiger partial charge in [-0.2, -0.15) is 0 Å². The van der Waals surface area contributed by atoms with E-state index in [1.807, 2.05) is 0 Å². The van der Waals surface area contributed by atoms with E-state index >= 15 is 0 Å². The van der Waals surface area contributed by atoms with Gasteiger partial charge in [-0.05, 0) is 62.7 Å². The second-order valence-electron chi connectivity index (χ2n) is 6.58. The molecule has 3 nitrogen and oxygen atoms in total. The fourth-order valence-corrected chi connectivity index (χ4v) is 4.48. The highest BCUT2D eigenvalue weighted by Crippen LogP contribution is 2.50. The monoisotopic (exact) mass is 252 g/mol. The molecule has 3 rings (SSSR count). The summed E-state index contributed by atoms with van der Waals surface area (Å²) >= 11 is 0. The smallest absolute Gasteiger partial charge is 0.306 e. The van der Waals surface area contributed by atoms with Crippen molar-refractivity contribution in [2.75, 3.05) is 6.61 Å². The molecular formula is C15H24O3. The Labute approximate surface area is 109 Å². The van der Waals surface area contributed by atoms with E-state index in [0.29, 0.717) is 5.92 Å². The van der Waals surface area contributed by atoms with Crippen molar-refractivity contribution in [1.82, 2.24) is 0 Å². The molecule has 102 valence electrons. The van der Waals surface area contributed by atoms with Gasteiger partial charge in [0.05, 0.1) is 12.0 Å². The molecule has 1 heterocycles. The minimum absolute atomic E-state index is 0.169. The fourth-order valence-electron chi connectivity index (χ4n) is 4.48. The molecule has 1 N–H and O–H groups in total. The minimum Gasteiger partial charge on any atom is -0.481 e. The third-order valence-electron chi connectivity index (χ3n) is 5.39. The van der Waals surface area contributed by atoms with Crippen LogP contribution in [0.3, 0.4) is 0 Å².